The van der Waals surface area contributed by atoms with Crippen LogP contribution in [0.5, 0.6) is 0 Å². The Bertz CT molecular complexity index is 598. The smallest absolute Gasteiger partial charge is 0.128 e. The third-order valence-corrected chi connectivity index (χ3v) is 5.05. The Morgan fingerprint density at radius 2 is 2.24 bits per heavy atom. The van der Waals surface area contributed by atoms with Crippen molar-refractivity contribution in [1.82, 2.24) is 9.97 Å². The normalized spacial score (nSPS) is 14.5. The minimum absolute atomic E-state index is 0.455. The van der Waals surface area contributed by atoms with Gasteiger partial charge in [-0.25, -0.2) is 9.97 Å². The fraction of sp³-hybridized carbons (Fsp3) is 0.417. The average molecular weight is 261 g/mol. The van der Waals surface area contributed by atoms with Gasteiger partial charge in [0.2, 0.25) is 0 Å². The third kappa shape index (κ3) is 1.92. The molecule has 3 rings (SSSR count). The van der Waals surface area contributed by atoms with Crippen molar-refractivity contribution in [3.05, 3.63) is 16.8 Å². The van der Waals surface area contributed by atoms with Crippen molar-refractivity contribution < 1.29 is 0 Å². The molecule has 0 saturated heterocycles. The summed E-state index contributed by atoms with van der Waals surface area (Å²) >= 11 is 3.32. The van der Waals surface area contributed by atoms with E-state index in [1.807, 2.05) is 0 Å². The Labute approximate surface area is 108 Å². The second kappa shape index (κ2) is 4.63. The molecule has 17 heavy (non-hydrogen) atoms. The maximum Gasteiger partial charge on any atom is 0.128 e. The van der Waals surface area contributed by atoms with Gasteiger partial charge in [0.05, 0.1) is 11.8 Å². The molecular formula is C12H11N3S2. The van der Waals surface area contributed by atoms with Crippen molar-refractivity contribution in [3.8, 4) is 6.07 Å². The lowest BCUT2D eigenvalue weighted by molar-refractivity contribution is 0.699. The molecule has 0 amide bonds. The Kier molecular flexibility index (Phi) is 3.00. The highest BCUT2D eigenvalue weighted by Crippen LogP contribution is 2.38. The Morgan fingerprint density at radius 3 is 3.12 bits per heavy atom. The van der Waals surface area contributed by atoms with E-state index in [1.54, 1.807) is 17.7 Å². The number of thiophene rings is 1. The molecule has 2 aromatic heterocycles. The van der Waals surface area contributed by atoms with Crippen molar-refractivity contribution in [2.75, 3.05) is 5.75 Å². The first-order valence-corrected chi connectivity index (χ1v) is 7.45. The topological polar surface area (TPSA) is 49.6 Å². The second-order valence-corrected chi connectivity index (χ2v) is 6.06. The van der Waals surface area contributed by atoms with Gasteiger partial charge >= 0.3 is 0 Å². The van der Waals surface area contributed by atoms with Crippen LogP contribution in [0.25, 0.3) is 10.2 Å². The lowest BCUT2D eigenvalue weighted by Crippen LogP contribution is -1.99. The van der Waals surface area contributed by atoms with E-state index < -0.39 is 0 Å². The van der Waals surface area contributed by atoms with E-state index in [9.17, 15) is 0 Å². The van der Waals surface area contributed by atoms with Gasteiger partial charge in [-0.15, -0.1) is 11.3 Å². The molecule has 0 unspecified atom stereocenters. The van der Waals surface area contributed by atoms with Gasteiger partial charge in [0.1, 0.15) is 16.2 Å². The molecule has 2 heterocycles. The summed E-state index contributed by atoms with van der Waals surface area (Å²) < 4.78 is 0. The van der Waals surface area contributed by atoms with Crippen molar-refractivity contribution in [2.24, 2.45) is 0 Å². The molecule has 0 spiro atoms. The molecule has 0 aliphatic heterocycles. The largest absolute Gasteiger partial charge is 0.229 e. The fourth-order valence-electron chi connectivity index (χ4n) is 2.27. The van der Waals surface area contributed by atoms with E-state index in [2.05, 4.69) is 16.0 Å². The highest BCUT2D eigenvalue weighted by molar-refractivity contribution is 7.99. The summed E-state index contributed by atoms with van der Waals surface area (Å²) in [4.78, 5) is 11.3. The SMILES string of the molecule is N#CCSc1ncnc2sc3c(c12)CCCC3. The molecule has 0 radical (unpaired) electrons. The molecule has 2 aromatic rings. The van der Waals surface area contributed by atoms with Gasteiger partial charge in [-0.3, -0.25) is 0 Å². The van der Waals surface area contributed by atoms with Crippen molar-refractivity contribution in [3.63, 3.8) is 0 Å². The van der Waals surface area contributed by atoms with Crippen LogP contribution in [-0.2, 0) is 12.8 Å². The summed E-state index contributed by atoms with van der Waals surface area (Å²) in [5.41, 5.74) is 1.44. The zero-order valence-electron chi connectivity index (χ0n) is 9.27. The molecule has 1 aliphatic rings. The van der Waals surface area contributed by atoms with Gasteiger partial charge < -0.3 is 0 Å². The monoisotopic (exact) mass is 261 g/mol. The molecule has 86 valence electrons. The van der Waals surface area contributed by atoms with E-state index in [1.165, 1.54) is 46.9 Å². The van der Waals surface area contributed by atoms with Gasteiger partial charge in [-0.1, -0.05) is 11.8 Å². The summed E-state index contributed by atoms with van der Waals surface area (Å²) in [7, 11) is 0. The van der Waals surface area contributed by atoms with Gasteiger partial charge in [-0.05, 0) is 31.2 Å². The summed E-state index contributed by atoms with van der Waals surface area (Å²) in [6, 6.07) is 2.16. The quantitative estimate of drug-likeness (QED) is 0.615. The van der Waals surface area contributed by atoms with Crippen LogP contribution in [-0.4, -0.2) is 15.7 Å². The Balaban J connectivity index is 2.16. The molecule has 0 saturated carbocycles. The molecule has 3 nitrogen and oxygen atoms in total. The number of rotatable bonds is 2. The molecule has 0 bridgehead atoms. The number of fused-ring (bicyclic) bond motifs is 3. The first-order valence-electron chi connectivity index (χ1n) is 5.65. The first kappa shape index (κ1) is 11.0. The summed E-state index contributed by atoms with van der Waals surface area (Å²) in [5, 5.41) is 10.9. The maximum atomic E-state index is 8.68. The molecule has 0 N–H and O–H groups in total. The Morgan fingerprint density at radius 1 is 1.35 bits per heavy atom. The lowest BCUT2D eigenvalue weighted by atomic mass is 9.97. The van der Waals surface area contributed by atoms with Crippen molar-refractivity contribution >= 4 is 33.3 Å². The molecule has 0 atom stereocenters. The van der Waals surface area contributed by atoms with Crippen molar-refractivity contribution in [2.45, 2.75) is 30.7 Å². The van der Waals surface area contributed by atoms with Gasteiger partial charge in [0.15, 0.2) is 0 Å². The predicted molar refractivity (Wildman–Crippen MR) is 70.4 cm³/mol. The van der Waals surface area contributed by atoms with Crippen LogP contribution in [0.1, 0.15) is 23.3 Å². The van der Waals surface area contributed by atoms with Gasteiger partial charge in [0, 0.05) is 10.3 Å². The number of aromatic nitrogens is 2. The number of thioether (sulfide) groups is 1. The van der Waals surface area contributed by atoms with E-state index in [0.717, 1.165) is 16.3 Å². The standard InChI is InChI=1S/C12H11N3S2/c13-5-6-16-11-10-8-3-1-2-4-9(8)17-12(10)15-7-14-11/h7H,1-4,6H2. The molecule has 0 aromatic carbocycles. The summed E-state index contributed by atoms with van der Waals surface area (Å²) in [5.74, 6) is 0.455. The number of hydrogen-bond acceptors (Lipinski definition) is 5. The minimum Gasteiger partial charge on any atom is -0.229 e. The number of hydrogen-bond donors (Lipinski definition) is 0. The highest BCUT2D eigenvalue weighted by atomic mass is 32.2. The van der Waals surface area contributed by atoms with Crippen molar-refractivity contribution in [1.29, 1.82) is 5.26 Å². The summed E-state index contributed by atoms with van der Waals surface area (Å²) in [6.45, 7) is 0. The van der Waals surface area contributed by atoms with Crippen LogP contribution in [0.3, 0.4) is 0 Å². The molecular weight excluding hydrogens is 250 g/mol. The van der Waals surface area contributed by atoms with E-state index in [-0.39, 0.29) is 0 Å². The van der Waals surface area contributed by atoms with Gasteiger partial charge in [0.25, 0.3) is 0 Å². The Hall–Kier alpha value is -1.12. The van der Waals surface area contributed by atoms with Crippen LogP contribution < -0.4 is 0 Å². The first-order chi connectivity index (χ1) is 8.40. The van der Waals surface area contributed by atoms with Crippen LogP contribution in [0.2, 0.25) is 0 Å². The highest BCUT2D eigenvalue weighted by Gasteiger charge is 2.19. The fourth-order valence-corrected chi connectivity index (χ4v) is 4.25. The van der Waals surface area contributed by atoms with Crippen LogP contribution in [0, 0.1) is 11.3 Å². The van der Waals surface area contributed by atoms with Crippen LogP contribution in [0.4, 0.5) is 0 Å². The summed E-state index contributed by atoms with van der Waals surface area (Å²) in [6.07, 6.45) is 6.48. The minimum atomic E-state index is 0.455. The third-order valence-electron chi connectivity index (χ3n) is 2.99. The average Bonchev–Trinajstić information content (AvgIpc) is 2.75. The second-order valence-electron chi connectivity index (χ2n) is 4.02. The van der Waals surface area contributed by atoms with E-state index >= 15 is 0 Å². The van der Waals surface area contributed by atoms with Gasteiger partial charge in [-0.2, -0.15) is 5.26 Å². The number of nitriles is 1. The zero-order valence-corrected chi connectivity index (χ0v) is 10.9. The maximum absolute atomic E-state index is 8.68. The van der Waals surface area contributed by atoms with E-state index in [0.29, 0.717) is 5.75 Å². The van der Waals surface area contributed by atoms with E-state index in [4.69, 9.17) is 5.26 Å². The van der Waals surface area contributed by atoms with Crippen LogP contribution >= 0.6 is 23.1 Å². The molecule has 1 aliphatic carbocycles. The predicted octanol–water partition coefficient (Wildman–Crippen LogP) is 3.19. The van der Waals surface area contributed by atoms with Crippen LogP contribution in [0.15, 0.2) is 11.4 Å². The molecule has 0 fully saturated rings. The zero-order chi connectivity index (χ0) is 11.7. The number of aryl methyl sites for hydroxylation is 2. The number of nitrogens with zero attached hydrogens (tertiary/aromatic N) is 3. The molecule has 5 heteroatoms. The lowest BCUT2D eigenvalue weighted by Gasteiger charge is -2.10.